The molecule has 0 bridgehead atoms. The smallest absolute Gasteiger partial charge is 0.361 e. The molecule has 2 aromatic rings. The minimum absolute atomic E-state index is 0.0565. The number of aromatic amines is 1. The van der Waals surface area contributed by atoms with Gasteiger partial charge in [0.05, 0.1) is 11.1 Å². The van der Waals surface area contributed by atoms with Crippen molar-refractivity contribution in [3.05, 3.63) is 32.6 Å². The highest BCUT2D eigenvalue weighted by Crippen LogP contribution is 2.33. The van der Waals surface area contributed by atoms with Gasteiger partial charge in [-0.15, -0.1) is 5.10 Å². The number of H-pyrrole nitrogens is 1. The summed E-state index contributed by atoms with van der Waals surface area (Å²) in [5, 5.41) is 10.0. The van der Waals surface area contributed by atoms with Crippen LogP contribution < -0.4 is 0 Å². The van der Waals surface area contributed by atoms with E-state index in [1.165, 1.54) is 12.1 Å². The van der Waals surface area contributed by atoms with Crippen LogP contribution >= 0.6 is 31.9 Å². The maximum atomic E-state index is 13.4. The highest BCUT2D eigenvalue weighted by atomic mass is 79.9. The topological polar surface area (TPSA) is 67.9 Å². The van der Waals surface area contributed by atoms with Crippen LogP contribution in [0.25, 0.3) is 11.3 Å². The predicted molar refractivity (Wildman–Crippen MR) is 73.1 cm³/mol. The second-order valence-corrected chi connectivity index (χ2v) is 5.20. The molecule has 0 unspecified atom stereocenters. The van der Waals surface area contributed by atoms with Crippen LogP contribution in [0.1, 0.15) is 17.4 Å². The van der Waals surface area contributed by atoms with E-state index in [4.69, 9.17) is 4.74 Å². The zero-order chi connectivity index (χ0) is 14.0. The number of nitrogens with zero attached hydrogens (tertiary/aromatic N) is 2. The molecule has 1 aromatic heterocycles. The molecular weight excluding hydrogens is 385 g/mol. The first kappa shape index (κ1) is 14.1. The summed E-state index contributed by atoms with van der Waals surface area (Å²) in [4.78, 5) is 11.7. The molecule has 8 heteroatoms. The number of nitrogens with one attached hydrogen (secondary N) is 1. The summed E-state index contributed by atoms with van der Waals surface area (Å²) in [5.41, 5.74) is 0.886. The van der Waals surface area contributed by atoms with Crippen molar-refractivity contribution < 1.29 is 13.9 Å². The number of carbonyl (C=O) groups is 1. The second kappa shape index (κ2) is 5.79. The minimum atomic E-state index is -0.585. The molecule has 0 saturated carbocycles. The van der Waals surface area contributed by atoms with Gasteiger partial charge in [-0.2, -0.15) is 10.3 Å². The standard InChI is InChI=1S/C11H8Br2FN3O2/c1-2-19-11(18)10-9(15-17-16-10)5-3-7(13)8(14)4-6(5)12/h3-4H,2H2,1H3,(H,15,16,17). The molecule has 0 radical (unpaired) electrons. The van der Waals surface area contributed by atoms with E-state index in [-0.39, 0.29) is 16.8 Å². The molecule has 5 nitrogen and oxygen atoms in total. The van der Waals surface area contributed by atoms with E-state index in [2.05, 4.69) is 47.3 Å². The lowest BCUT2D eigenvalue weighted by molar-refractivity contribution is 0.0520. The van der Waals surface area contributed by atoms with Gasteiger partial charge in [-0.25, -0.2) is 9.18 Å². The number of hydrogen-bond donors (Lipinski definition) is 1. The average molecular weight is 393 g/mol. The fraction of sp³-hybridized carbons (Fsp3) is 0.182. The molecule has 100 valence electrons. The molecule has 1 aromatic carbocycles. The van der Waals surface area contributed by atoms with E-state index in [0.29, 0.717) is 15.7 Å². The molecule has 1 heterocycles. The normalized spacial score (nSPS) is 10.5. The Balaban J connectivity index is 2.51. The third-order valence-corrected chi connectivity index (χ3v) is 3.55. The largest absolute Gasteiger partial charge is 0.461 e. The fourth-order valence-corrected chi connectivity index (χ4v) is 2.31. The fourth-order valence-electron chi connectivity index (χ4n) is 1.46. The van der Waals surface area contributed by atoms with Crippen molar-refractivity contribution in [2.75, 3.05) is 6.61 Å². The summed E-state index contributed by atoms with van der Waals surface area (Å²) in [5.74, 6) is -1.00. The van der Waals surface area contributed by atoms with Crippen LogP contribution in [0.4, 0.5) is 4.39 Å². The van der Waals surface area contributed by atoms with Crippen molar-refractivity contribution in [3.8, 4) is 11.3 Å². The van der Waals surface area contributed by atoms with Gasteiger partial charge in [-0.1, -0.05) is 0 Å². The molecular formula is C11H8Br2FN3O2. The molecule has 0 amide bonds. The zero-order valence-electron chi connectivity index (χ0n) is 9.71. The maximum Gasteiger partial charge on any atom is 0.361 e. The Bertz CT molecular complexity index is 630. The quantitative estimate of drug-likeness (QED) is 0.642. The van der Waals surface area contributed by atoms with Gasteiger partial charge >= 0.3 is 5.97 Å². The van der Waals surface area contributed by atoms with Gasteiger partial charge in [0.2, 0.25) is 0 Å². The van der Waals surface area contributed by atoms with Gasteiger partial charge in [-0.05, 0) is 50.9 Å². The average Bonchev–Trinajstić information content (AvgIpc) is 2.83. The van der Waals surface area contributed by atoms with Gasteiger partial charge in [0.25, 0.3) is 0 Å². The first-order chi connectivity index (χ1) is 9.04. The SMILES string of the molecule is CCOC(=O)c1n[nH]nc1-c1cc(Br)c(F)cc1Br. The Labute approximate surface area is 124 Å². The number of halogens is 3. The molecule has 19 heavy (non-hydrogen) atoms. The highest BCUT2D eigenvalue weighted by Gasteiger charge is 2.21. The lowest BCUT2D eigenvalue weighted by Gasteiger charge is -2.05. The van der Waals surface area contributed by atoms with E-state index in [1.807, 2.05) is 0 Å². The Morgan fingerprint density at radius 1 is 1.37 bits per heavy atom. The maximum absolute atomic E-state index is 13.4. The third kappa shape index (κ3) is 2.84. The van der Waals surface area contributed by atoms with Crippen LogP contribution in [0, 0.1) is 5.82 Å². The summed E-state index contributed by atoms with van der Waals surface area (Å²) < 4.78 is 19.0. The van der Waals surface area contributed by atoms with Crippen LogP contribution in [0.15, 0.2) is 21.1 Å². The van der Waals surface area contributed by atoms with Crippen molar-refractivity contribution in [1.29, 1.82) is 0 Å². The molecule has 0 aliphatic heterocycles. The monoisotopic (exact) mass is 391 g/mol. The highest BCUT2D eigenvalue weighted by molar-refractivity contribution is 9.11. The number of carbonyl (C=O) groups excluding carboxylic acids is 1. The lowest BCUT2D eigenvalue weighted by Crippen LogP contribution is -2.07. The van der Waals surface area contributed by atoms with Crippen molar-refractivity contribution in [3.63, 3.8) is 0 Å². The summed E-state index contributed by atoms with van der Waals surface area (Å²) in [6.45, 7) is 1.93. The molecule has 0 spiro atoms. The molecule has 1 N–H and O–H groups in total. The first-order valence-electron chi connectivity index (χ1n) is 5.27. The number of hydrogen-bond acceptors (Lipinski definition) is 4. The van der Waals surface area contributed by atoms with Gasteiger partial charge in [-0.3, -0.25) is 0 Å². The molecule has 0 aliphatic rings. The molecule has 0 atom stereocenters. The summed E-state index contributed by atoms with van der Waals surface area (Å²) in [7, 11) is 0. The van der Waals surface area contributed by atoms with Crippen LogP contribution in [0.5, 0.6) is 0 Å². The van der Waals surface area contributed by atoms with Crippen LogP contribution in [-0.2, 0) is 4.74 Å². The molecule has 0 saturated heterocycles. The molecule has 2 rings (SSSR count). The van der Waals surface area contributed by atoms with Crippen LogP contribution in [0.3, 0.4) is 0 Å². The van der Waals surface area contributed by atoms with Gasteiger partial charge in [0.15, 0.2) is 5.69 Å². The van der Waals surface area contributed by atoms with Gasteiger partial charge in [0.1, 0.15) is 11.5 Å². The van der Waals surface area contributed by atoms with Crippen molar-refractivity contribution in [2.45, 2.75) is 6.92 Å². The predicted octanol–water partition coefficient (Wildman–Crippen LogP) is 3.31. The third-order valence-electron chi connectivity index (χ3n) is 2.28. The first-order valence-corrected chi connectivity index (χ1v) is 6.86. The van der Waals surface area contributed by atoms with E-state index in [0.717, 1.165) is 0 Å². The van der Waals surface area contributed by atoms with E-state index >= 15 is 0 Å². The Morgan fingerprint density at radius 3 is 2.79 bits per heavy atom. The number of aromatic nitrogens is 3. The number of esters is 1. The van der Waals surface area contributed by atoms with E-state index in [9.17, 15) is 9.18 Å². The Hall–Kier alpha value is -1.28. The van der Waals surface area contributed by atoms with Gasteiger partial charge in [0, 0.05) is 10.0 Å². The molecule has 0 aliphatic carbocycles. The minimum Gasteiger partial charge on any atom is -0.461 e. The van der Waals surface area contributed by atoms with E-state index in [1.54, 1.807) is 6.92 Å². The summed E-state index contributed by atoms with van der Waals surface area (Å²) >= 11 is 6.32. The summed E-state index contributed by atoms with van der Waals surface area (Å²) in [6.07, 6.45) is 0. The van der Waals surface area contributed by atoms with Gasteiger partial charge < -0.3 is 4.74 Å². The Kier molecular flexibility index (Phi) is 4.31. The lowest BCUT2D eigenvalue weighted by atomic mass is 10.1. The second-order valence-electron chi connectivity index (χ2n) is 3.49. The number of benzene rings is 1. The zero-order valence-corrected chi connectivity index (χ0v) is 12.9. The van der Waals surface area contributed by atoms with Crippen molar-refractivity contribution >= 4 is 37.8 Å². The summed E-state index contributed by atoms with van der Waals surface area (Å²) in [6, 6.07) is 2.79. The van der Waals surface area contributed by atoms with Crippen molar-refractivity contribution in [2.24, 2.45) is 0 Å². The van der Waals surface area contributed by atoms with Crippen LogP contribution in [0.2, 0.25) is 0 Å². The van der Waals surface area contributed by atoms with E-state index < -0.39 is 11.8 Å². The number of rotatable bonds is 3. The Morgan fingerprint density at radius 2 is 2.11 bits per heavy atom. The number of ether oxygens (including phenoxy) is 1. The molecule has 0 fully saturated rings. The van der Waals surface area contributed by atoms with Crippen LogP contribution in [-0.4, -0.2) is 28.0 Å². The van der Waals surface area contributed by atoms with Crippen molar-refractivity contribution in [1.82, 2.24) is 15.4 Å².